The molecule has 1 fully saturated rings. The molecule has 4 rings (SSSR count). The van der Waals surface area contributed by atoms with Crippen molar-refractivity contribution in [3.63, 3.8) is 0 Å². The molecule has 1 unspecified atom stereocenters. The number of halogens is 1. The molecule has 0 radical (unpaired) electrons. The minimum absolute atomic E-state index is 0. The Kier molecular flexibility index (Phi) is 4.31. The van der Waals surface area contributed by atoms with E-state index in [-0.39, 0.29) is 24.4 Å². The Bertz CT molecular complexity index is 731. The van der Waals surface area contributed by atoms with Crippen LogP contribution in [0.2, 0.25) is 0 Å². The molecule has 3 nitrogen and oxygen atoms in total. The Morgan fingerprint density at radius 2 is 1.78 bits per heavy atom. The highest BCUT2D eigenvalue weighted by Gasteiger charge is 2.37. The maximum Gasteiger partial charge on any atom is 0.242 e. The predicted octanol–water partition coefficient (Wildman–Crippen LogP) is 3.36. The molecular formula is C19H21ClN2O. The Hall–Kier alpha value is -2.00. The number of amides is 1. The largest absolute Gasteiger partial charge is 0.360 e. The van der Waals surface area contributed by atoms with E-state index in [1.807, 2.05) is 12.1 Å². The quantitative estimate of drug-likeness (QED) is 0.801. The molecule has 1 saturated heterocycles. The van der Waals surface area contributed by atoms with Crippen molar-refractivity contribution in [2.24, 2.45) is 0 Å². The summed E-state index contributed by atoms with van der Waals surface area (Å²) in [5.41, 5.74) is 5.12. The van der Waals surface area contributed by atoms with Crippen molar-refractivity contribution in [3.05, 3.63) is 65.2 Å². The lowest BCUT2D eigenvalue weighted by Gasteiger charge is -2.45. The van der Waals surface area contributed by atoms with Gasteiger partial charge in [-0.2, -0.15) is 0 Å². The molecule has 2 heterocycles. The number of aryl methyl sites for hydroxylation is 1. The molecule has 1 amide bonds. The van der Waals surface area contributed by atoms with E-state index in [0.717, 1.165) is 19.5 Å². The molecule has 23 heavy (non-hydrogen) atoms. The van der Waals surface area contributed by atoms with E-state index in [4.69, 9.17) is 0 Å². The van der Waals surface area contributed by atoms with Crippen LogP contribution < -0.4 is 4.90 Å². The third kappa shape index (κ3) is 2.70. The number of benzene rings is 2. The smallest absolute Gasteiger partial charge is 0.242 e. The number of carbonyl (C=O) groups is 1. The van der Waals surface area contributed by atoms with Crippen LogP contribution in [0.15, 0.2) is 48.5 Å². The SMILES string of the molecule is Cc1ccccc1N1CC(=O)N2CCc3ccccc3C2C1.Cl. The molecule has 0 N–H and O–H groups in total. The van der Waals surface area contributed by atoms with Crippen LogP contribution in [-0.4, -0.2) is 30.4 Å². The maximum absolute atomic E-state index is 12.6. The Morgan fingerprint density at radius 1 is 1.04 bits per heavy atom. The summed E-state index contributed by atoms with van der Waals surface area (Å²) in [6.07, 6.45) is 0.975. The molecular weight excluding hydrogens is 308 g/mol. The number of piperazine rings is 1. The summed E-state index contributed by atoms with van der Waals surface area (Å²) in [7, 11) is 0. The topological polar surface area (TPSA) is 23.6 Å². The standard InChI is InChI=1S/C19H20N2O.ClH/c1-14-6-2-5-9-17(14)20-12-18-16-8-4-3-7-15(16)10-11-21(18)19(22)13-20;/h2-9,18H,10-13H2,1H3;1H. The van der Waals surface area contributed by atoms with Crippen LogP contribution in [-0.2, 0) is 11.2 Å². The van der Waals surface area contributed by atoms with Gasteiger partial charge >= 0.3 is 0 Å². The lowest BCUT2D eigenvalue weighted by atomic mass is 9.90. The Morgan fingerprint density at radius 3 is 2.61 bits per heavy atom. The van der Waals surface area contributed by atoms with Crippen LogP contribution in [0.5, 0.6) is 0 Å². The van der Waals surface area contributed by atoms with Gasteiger partial charge in [0.15, 0.2) is 0 Å². The van der Waals surface area contributed by atoms with Crippen LogP contribution in [0.3, 0.4) is 0 Å². The summed E-state index contributed by atoms with van der Waals surface area (Å²) >= 11 is 0. The first-order valence-electron chi connectivity index (χ1n) is 7.92. The number of para-hydroxylation sites is 1. The maximum atomic E-state index is 12.6. The third-order valence-corrected chi connectivity index (χ3v) is 4.91. The highest BCUT2D eigenvalue weighted by Crippen LogP contribution is 2.35. The zero-order valence-electron chi connectivity index (χ0n) is 13.2. The predicted molar refractivity (Wildman–Crippen MR) is 95.2 cm³/mol. The molecule has 0 aliphatic carbocycles. The highest BCUT2D eigenvalue weighted by molar-refractivity contribution is 5.85. The Balaban J connectivity index is 0.00000156. The first kappa shape index (κ1) is 15.9. The zero-order valence-corrected chi connectivity index (χ0v) is 14.1. The average molecular weight is 329 g/mol. The minimum Gasteiger partial charge on any atom is -0.360 e. The third-order valence-electron chi connectivity index (χ3n) is 4.91. The van der Waals surface area contributed by atoms with Crippen molar-refractivity contribution in [1.82, 2.24) is 4.90 Å². The van der Waals surface area contributed by atoms with Crippen LogP contribution in [0.25, 0.3) is 0 Å². The normalized spacial score (nSPS) is 19.7. The van der Waals surface area contributed by atoms with Gasteiger partial charge in [-0.1, -0.05) is 42.5 Å². The molecule has 2 aliphatic heterocycles. The van der Waals surface area contributed by atoms with Crippen molar-refractivity contribution in [1.29, 1.82) is 0 Å². The Labute approximate surface area is 143 Å². The average Bonchev–Trinajstić information content (AvgIpc) is 2.55. The van der Waals surface area contributed by atoms with Crippen molar-refractivity contribution in [2.45, 2.75) is 19.4 Å². The van der Waals surface area contributed by atoms with E-state index in [0.29, 0.717) is 6.54 Å². The second-order valence-corrected chi connectivity index (χ2v) is 6.22. The van der Waals surface area contributed by atoms with Gasteiger partial charge in [-0.25, -0.2) is 0 Å². The lowest BCUT2D eigenvalue weighted by molar-refractivity contribution is -0.134. The van der Waals surface area contributed by atoms with Gasteiger partial charge in [-0.05, 0) is 36.1 Å². The van der Waals surface area contributed by atoms with Gasteiger partial charge < -0.3 is 9.80 Å². The fourth-order valence-electron chi connectivity index (χ4n) is 3.78. The van der Waals surface area contributed by atoms with Crippen molar-refractivity contribution >= 4 is 24.0 Å². The number of rotatable bonds is 1. The summed E-state index contributed by atoms with van der Waals surface area (Å²) in [5, 5.41) is 0. The molecule has 2 aromatic rings. The van der Waals surface area contributed by atoms with E-state index in [1.165, 1.54) is 22.4 Å². The summed E-state index contributed by atoms with van der Waals surface area (Å²) in [6.45, 7) is 4.33. The second-order valence-electron chi connectivity index (χ2n) is 6.22. The number of hydrogen-bond donors (Lipinski definition) is 0. The van der Waals surface area contributed by atoms with E-state index in [2.05, 4.69) is 53.1 Å². The molecule has 2 aromatic carbocycles. The number of anilines is 1. The van der Waals surface area contributed by atoms with Gasteiger partial charge in [0.05, 0.1) is 12.6 Å². The molecule has 0 bridgehead atoms. The van der Waals surface area contributed by atoms with E-state index < -0.39 is 0 Å². The van der Waals surface area contributed by atoms with Crippen molar-refractivity contribution in [2.75, 3.05) is 24.5 Å². The summed E-state index contributed by atoms with van der Waals surface area (Å²) < 4.78 is 0. The van der Waals surface area contributed by atoms with Crippen LogP contribution in [0, 0.1) is 6.92 Å². The summed E-state index contributed by atoms with van der Waals surface area (Å²) in [5.74, 6) is 0.244. The van der Waals surface area contributed by atoms with Crippen LogP contribution in [0.1, 0.15) is 22.7 Å². The van der Waals surface area contributed by atoms with E-state index >= 15 is 0 Å². The fourth-order valence-corrected chi connectivity index (χ4v) is 3.78. The second kappa shape index (κ2) is 6.25. The summed E-state index contributed by atoms with van der Waals surface area (Å²) in [6, 6.07) is 17.1. The van der Waals surface area contributed by atoms with E-state index in [9.17, 15) is 4.79 Å². The number of carbonyl (C=O) groups excluding carboxylic acids is 1. The highest BCUT2D eigenvalue weighted by atomic mass is 35.5. The first-order valence-corrected chi connectivity index (χ1v) is 7.92. The lowest BCUT2D eigenvalue weighted by Crippen LogP contribution is -2.54. The minimum atomic E-state index is 0. The number of fused-ring (bicyclic) bond motifs is 3. The van der Waals surface area contributed by atoms with Crippen LogP contribution in [0.4, 0.5) is 5.69 Å². The van der Waals surface area contributed by atoms with Gasteiger partial charge in [0.25, 0.3) is 0 Å². The van der Waals surface area contributed by atoms with Crippen LogP contribution >= 0.6 is 12.4 Å². The van der Waals surface area contributed by atoms with Crippen molar-refractivity contribution in [3.8, 4) is 0 Å². The molecule has 2 aliphatic rings. The summed E-state index contributed by atoms with van der Waals surface area (Å²) in [4.78, 5) is 16.9. The van der Waals surface area contributed by atoms with Gasteiger partial charge in [-0.3, -0.25) is 4.79 Å². The van der Waals surface area contributed by atoms with Gasteiger partial charge in [0, 0.05) is 18.8 Å². The zero-order chi connectivity index (χ0) is 15.1. The first-order chi connectivity index (χ1) is 10.7. The van der Waals surface area contributed by atoms with Gasteiger partial charge in [-0.15, -0.1) is 12.4 Å². The molecule has 0 spiro atoms. The monoisotopic (exact) mass is 328 g/mol. The molecule has 0 aromatic heterocycles. The van der Waals surface area contributed by atoms with Crippen molar-refractivity contribution < 1.29 is 4.79 Å². The number of nitrogens with zero attached hydrogens (tertiary/aromatic N) is 2. The molecule has 120 valence electrons. The van der Waals surface area contributed by atoms with Gasteiger partial charge in [0.1, 0.15) is 0 Å². The van der Waals surface area contributed by atoms with E-state index in [1.54, 1.807) is 0 Å². The number of hydrogen-bond acceptors (Lipinski definition) is 2. The fraction of sp³-hybridized carbons (Fsp3) is 0.316. The molecule has 0 saturated carbocycles. The molecule has 1 atom stereocenters. The van der Waals surface area contributed by atoms with Gasteiger partial charge in [0.2, 0.25) is 5.91 Å². The molecule has 4 heteroatoms.